The number of benzene rings is 2. The molecule has 8 nitrogen and oxygen atoms in total. The standard InChI is InChI=1S/C25H31N3O5S/c1-5-25(3,4)19-8-12-21(13-9-19)32-16-6-7-24(29)26-20-10-14-22(15-11-20)34(30,31)28-23-17-18(2)33-27-23/h8-15,17H,5-7,16H2,1-4H3,(H,26,29)(H,27,28). The van der Waals surface area contributed by atoms with E-state index in [0.29, 0.717) is 24.5 Å². The van der Waals surface area contributed by atoms with E-state index in [0.717, 1.165) is 12.2 Å². The maximum absolute atomic E-state index is 12.4. The first-order valence-corrected chi connectivity index (χ1v) is 12.7. The van der Waals surface area contributed by atoms with Crippen LogP contribution in [0.5, 0.6) is 5.75 Å². The molecule has 1 heterocycles. The highest BCUT2D eigenvalue weighted by molar-refractivity contribution is 7.92. The van der Waals surface area contributed by atoms with Crippen molar-refractivity contribution >= 4 is 27.4 Å². The zero-order valence-corrected chi connectivity index (χ0v) is 20.7. The second kappa shape index (κ2) is 10.7. The SMILES string of the molecule is CCC(C)(C)c1ccc(OCCCC(=O)Nc2ccc(S(=O)(=O)Nc3cc(C)on3)cc2)cc1. The molecule has 0 spiro atoms. The summed E-state index contributed by atoms with van der Waals surface area (Å²) >= 11 is 0. The molecule has 2 aromatic carbocycles. The molecule has 3 rings (SSSR count). The Morgan fingerprint density at radius 2 is 1.76 bits per heavy atom. The van der Waals surface area contributed by atoms with E-state index in [1.165, 1.54) is 35.9 Å². The minimum Gasteiger partial charge on any atom is -0.494 e. The highest BCUT2D eigenvalue weighted by atomic mass is 32.2. The van der Waals surface area contributed by atoms with Crippen LogP contribution in [0.1, 0.15) is 51.4 Å². The Kier molecular flexibility index (Phi) is 7.98. The molecule has 3 aromatic rings. The first-order valence-electron chi connectivity index (χ1n) is 11.2. The van der Waals surface area contributed by atoms with E-state index in [4.69, 9.17) is 9.26 Å². The van der Waals surface area contributed by atoms with Crippen LogP contribution in [0, 0.1) is 6.92 Å². The van der Waals surface area contributed by atoms with E-state index in [1.54, 1.807) is 6.92 Å². The molecule has 0 unspecified atom stereocenters. The third-order valence-corrected chi connectivity index (χ3v) is 7.02. The van der Waals surface area contributed by atoms with Crippen molar-refractivity contribution in [3.8, 4) is 5.75 Å². The van der Waals surface area contributed by atoms with Crippen molar-refractivity contribution in [2.45, 2.75) is 57.3 Å². The third-order valence-electron chi connectivity index (χ3n) is 5.65. The number of amides is 1. The van der Waals surface area contributed by atoms with Gasteiger partial charge in [-0.05, 0) is 67.1 Å². The lowest BCUT2D eigenvalue weighted by Crippen LogP contribution is -2.15. The number of anilines is 2. The summed E-state index contributed by atoms with van der Waals surface area (Å²) in [5.74, 6) is 1.21. The van der Waals surface area contributed by atoms with Crippen molar-refractivity contribution in [1.82, 2.24) is 5.16 Å². The summed E-state index contributed by atoms with van der Waals surface area (Å²) < 4.78 is 37.8. The number of carbonyl (C=O) groups excluding carboxylic acids is 1. The van der Waals surface area contributed by atoms with Crippen LogP contribution in [0.3, 0.4) is 0 Å². The number of hydrogen-bond donors (Lipinski definition) is 2. The van der Waals surface area contributed by atoms with Gasteiger partial charge in [0.05, 0.1) is 11.5 Å². The molecule has 34 heavy (non-hydrogen) atoms. The second-order valence-corrected chi connectivity index (χ2v) is 10.4. The number of ether oxygens (including phenoxy) is 1. The molecule has 0 aliphatic rings. The largest absolute Gasteiger partial charge is 0.494 e. The molecule has 2 N–H and O–H groups in total. The van der Waals surface area contributed by atoms with E-state index in [2.05, 4.69) is 48.1 Å². The Hall–Kier alpha value is -3.33. The van der Waals surface area contributed by atoms with Gasteiger partial charge in [0.1, 0.15) is 11.5 Å². The van der Waals surface area contributed by atoms with E-state index < -0.39 is 10.0 Å². The highest BCUT2D eigenvalue weighted by Gasteiger charge is 2.18. The first-order chi connectivity index (χ1) is 16.1. The molecule has 0 saturated heterocycles. The first kappa shape index (κ1) is 25.3. The average molecular weight is 486 g/mol. The van der Waals surface area contributed by atoms with E-state index >= 15 is 0 Å². The van der Waals surface area contributed by atoms with Gasteiger partial charge in [-0.1, -0.05) is 38.1 Å². The number of nitrogens with zero attached hydrogens (tertiary/aromatic N) is 1. The topological polar surface area (TPSA) is 111 Å². The zero-order valence-electron chi connectivity index (χ0n) is 19.9. The number of nitrogens with one attached hydrogen (secondary N) is 2. The van der Waals surface area contributed by atoms with Gasteiger partial charge >= 0.3 is 0 Å². The molecule has 0 bridgehead atoms. The van der Waals surface area contributed by atoms with Gasteiger partial charge in [0.2, 0.25) is 5.91 Å². The maximum atomic E-state index is 12.4. The molecule has 182 valence electrons. The maximum Gasteiger partial charge on any atom is 0.263 e. The van der Waals surface area contributed by atoms with Gasteiger partial charge in [-0.2, -0.15) is 0 Å². The van der Waals surface area contributed by atoms with E-state index in [9.17, 15) is 13.2 Å². The third kappa shape index (κ3) is 6.84. The number of hydrogen-bond acceptors (Lipinski definition) is 6. The number of sulfonamides is 1. The van der Waals surface area contributed by atoms with Crippen molar-refractivity contribution in [2.24, 2.45) is 0 Å². The molecule has 0 radical (unpaired) electrons. The molecule has 0 saturated carbocycles. The monoisotopic (exact) mass is 485 g/mol. The van der Waals surface area contributed by atoms with E-state index in [1.807, 2.05) is 12.1 Å². The minimum atomic E-state index is -3.80. The number of rotatable bonds is 11. The number of aryl methyl sites for hydroxylation is 1. The van der Waals surface area contributed by atoms with Crippen molar-refractivity contribution in [3.05, 3.63) is 65.9 Å². The summed E-state index contributed by atoms with van der Waals surface area (Å²) in [7, 11) is -3.80. The van der Waals surface area contributed by atoms with Crippen molar-refractivity contribution in [2.75, 3.05) is 16.6 Å². The van der Waals surface area contributed by atoms with Crippen LogP contribution >= 0.6 is 0 Å². The fraction of sp³-hybridized carbons (Fsp3) is 0.360. The normalized spacial score (nSPS) is 11.8. The average Bonchev–Trinajstić information content (AvgIpc) is 3.21. The van der Waals surface area contributed by atoms with Crippen LogP contribution in [0.4, 0.5) is 11.5 Å². The number of carbonyl (C=O) groups is 1. The Bertz CT molecular complexity index is 1200. The summed E-state index contributed by atoms with van der Waals surface area (Å²) in [6, 6.07) is 15.5. The Balaban J connectivity index is 1.43. The summed E-state index contributed by atoms with van der Waals surface area (Å²) in [6.45, 7) is 8.69. The summed E-state index contributed by atoms with van der Waals surface area (Å²) in [5, 5.41) is 6.39. The van der Waals surface area contributed by atoms with Crippen molar-refractivity contribution in [1.29, 1.82) is 0 Å². The summed E-state index contributed by atoms with van der Waals surface area (Å²) in [4.78, 5) is 12.3. The number of aromatic nitrogens is 1. The van der Waals surface area contributed by atoms with Crippen LogP contribution in [-0.2, 0) is 20.2 Å². The molecule has 0 aliphatic heterocycles. The fourth-order valence-corrected chi connectivity index (χ4v) is 4.16. The van der Waals surface area contributed by atoms with Gasteiger partial charge < -0.3 is 14.6 Å². The van der Waals surface area contributed by atoms with Gasteiger partial charge in [-0.25, -0.2) is 8.42 Å². The van der Waals surface area contributed by atoms with Gasteiger partial charge in [0, 0.05) is 18.2 Å². The van der Waals surface area contributed by atoms with Gasteiger partial charge in [0.15, 0.2) is 5.82 Å². The molecular formula is C25H31N3O5S. The van der Waals surface area contributed by atoms with Crippen LogP contribution in [0.25, 0.3) is 0 Å². The Labute approximate surface area is 200 Å². The van der Waals surface area contributed by atoms with Crippen LogP contribution in [0.15, 0.2) is 64.0 Å². The second-order valence-electron chi connectivity index (χ2n) is 8.71. The molecule has 0 atom stereocenters. The molecule has 1 aromatic heterocycles. The smallest absolute Gasteiger partial charge is 0.263 e. The lowest BCUT2D eigenvalue weighted by Gasteiger charge is -2.23. The highest BCUT2D eigenvalue weighted by Crippen LogP contribution is 2.28. The molecule has 1 amide bonds. The predicted octanol–water partition coefficient (Wildman–Crippen LogP) is 5.27. The molecule has 0 aliphatic carbocycles. The van der Waals surface area contributed by atoms with E-state index in [-0.39, 0.29) is 28.5 Å². The van der Waals surface area contributed by atoms with Gasteiger partial charge in [0.25, 0.3) is 10.0 Å². The lowest BCUT2D eigenvalue weighted by molar-refractivity contribution is -0.116. The van der Waals surface area contributed by atoms with Gasteiger partial charge in [-0.3, -0.25) is 9.52 Å². The predicted molar refractivity (Wildman–Crippen MR) is 132 cm³/mol. The minimum absolute atomic E-state index is 0.0490. The summed E-state index contributed by atoms with van der Waals surface area (Å²) in [6.07, 6.45) is 1.90. The van der Waals surface area contributed by atoms with Crippen LogP contribution < -0.4 is 14.8 Å². The molecule has 9 heteroatoms. The van der Waals surface area contributed by atoms with Crippen molar-refractivity contribution in [3.63, 3.8) is 0 Å². The van der Waals surface area contributed by atoms with Crippen LogP contribution in [0.2, 0.25) is 0 Å². The van der Waals surface area contributed by atoms with Gasteiger partial charge in [-0.15, -0.1) is 0 Å². The summed E-state index contributed by atoms with van der Waals surface area (Å²) in [5.41, 5.74) is 1.91. The molecule has 0 fully saturated rings. The van der Waals surface area contributed by atoms with Crippen LogP contribution in [-0.4, -0.2) is 26.1 Å². The fourth-order valence-electron chi connectivity index (χ4n) is 3.18. The molecular weight excluding hydrogens is 454 g/mol. The quantitative estimate of drug-likeness (QED) is 0.358. The zero-order chi connectivity index (χ0) is 24.8. The Morgan fingerprint density at radius 1 is 1.09 bits per heavy atom. The lowest BCUT2D eigenvalue weighted by atomic mass is 9.82. The Morgan fingerprint density at radius 3 is 2.35 bits per heavy atom. The van der Waals surface area contributed by atoms with Crippen molar-refractivity contribution < 1.29 is 22.5 Å².